The SMILES string of the molecule is COc1cccc(O[C@H]2CC(=O)N2)c1. The zero-order valence-electron chi connectivity index (χ0n) is 7.82. The second-order valence-electron chi connectivity index (χ2n) is 3.06. The summed E-state index contributed by atoms with van der Waals surface area (Å²) in [5.41, 5.74) is 0. The Bertz CT molecular complexity index is 343. The lowest BCUT2D eigenvalue weighted by Crippen LogP contribution is -2.51. The lowest BCUT2D eigenvalue weighted by atomic mass is 10.2. The Balaban J connectivity index is 1.98. The minimum absolute atomic E-state index is 0.0258. The highest BCUT2D eigenvalue weighted by Crippen LogP contribution is 2.21. The molecule has 1 aliphatic rings. The van der Waals surface area contributed by atoms with Gasteiger partial charge in [0, 0.05) is 6.07 Å². The number of carbonyl (C=O) groups excluding carboxylic acids is 1. The van der Waals surface area contributed by atoms with Crippen molar-refractivity contribution in [3.63, 3.8) is 0 Å². The average Bonchev–Trinajstić information content (AvgIpc) is 2.16. The number of nitrogens with one attached hydrogen (secondary N) is 1. The maximum Gasteiger partial charge on any atom is 0.228 e. The Morgan fingerprint density at radius 3 is 2.79 bits per heavy atom. The summed E-state index contributed by atoms with van der Waals surface area (Å²) in [7, 11) is 1.60. The third kappa shape index (κ3) is 1.79. The van der Waals surface area contributed by atoms with Crippen LogP contribution in [0.2, 0.25) is 0 Å². The lowest BCUT2D eigenvalue weighted by molar-refractivity contribution is -0.134. The van der Waals surface area contributed by atoms with Crippen LogP contribution in [-0.2, 0) is 4.79 Å². The monoisotopic (exact) mass is 193 g/mol. The van der Waals surface area contributed by atoms with Crippen LogP contribution in [0.5, 0.6) is 11.5 Å². The van der Waals surface area contributed by atoms with E-state index in [0.717, 1.165) is 5.75 Å². The molecule has 1 saturated heterocycles. The molecule has 0 unspecified atom stereocenters. The van der Waals surface area contributed by atoms with Crippen LogP contribution in [0.4, 0.5) is 0 Å². The van der Waals surface area contributed by atoms with Crippen molar-refractivity contribution < 1.29 is 14.3 Å². The van der Waals surface area contributed by atoms with E-state index in [4.69, 9.17) is 9.47 Å². The van der Waals surface area contributed by atoms with Crippen molar-refractivity contribution in [1.82, 2.24) is 5.32 Å². The number of amides is 1. The molecule has 14 heavy (non-hydrogen) atoms. The van der Waals surface area contributed by atoms with Gasteiger partial charge in [-0.15, -0.1) is 0 Å². The molecule has 1 aromatic rings. The Morgan fingerprint density at radius 2 is 2.14 bits per heavy atom. The Hall–Kier alpha value is -1.71. The summed E-state index contributed by atoms with van der Waals surface area (Å²) in [4.78, 5) is 10.6. The fourth-order valence-corrected chi connectivity index (χ4v) is 1.24. The molecule has 0 bridgehead atoms. The first-order valence-electron chi connectivity index (χ1n) is 4.38. The Morgan fingerprint density at radius 1 is 1.43 bits per heavy atom. The summed E-state index contributed by atoms with van der Waals surface area (Å²) in [6, 6.07) is 7.29. The van der Waals surface area contributed by atoms with E-state index >= 15 is 0 Å². The van der Waals surface area contributed by atoms with Crippen molar-refractivity contribution in [1.29, 1.82) is 0 Å². The van der Waals surface area contributed by atoms with Gasteiger partial charge in [-0.2, -0.15) is 0 Å². The Labute approximate surface area is 81.8 Å². The molecule has 1 N–H and O–H groups in total. The standard InChI is InChI=1S/C10H11NO3/c1-13-7-3-2-4-8(5-7)14-10-6-9(12)11-10/h2-5,10H,6H2,1H3,(H,11,12)/t10-/m0/s1. The zero-order chi connectivity index (χ0) is 9.97. The number of benzene rings is 1. The van der Waals surface area contributed by atoms with Crippen LogP contribution < -0.4 is 14.8 Å². The molecule has 74 valence electrons. The molecule has 0 spiro atoms. The predicted octanol–water partition coefficient (Wildman–Crippen LogP) is 0.920. The van der Waals surface area contributed by atoms with Gasteiger partial charge in [-0.05, 0) is 12.1 Å². The van der Waals surface area contributed by atoms with E-state index in [9.17, 15) is 4.79 Å². The van der Waals surface area contributed by atoms with Gasteiger partial charge in [-0.1, -0.05) is 6.07 Å². The van der Waals surface area contributed by atoms with Gasteiger partial charge in [-0.3, -0.25) is 4.79 Å². The minimum Gasteiger partial charge on any atom is -0.497 e. The van der Waals surface area contributed by atoms with Crippen molar-refractivity contribution in [2.45, 2.75) is 12.6 Å². The maximum atomic E-state index is 10.6. The molecule has 1 aliphatic heterocycles. The van der Waals surface area contributed by atoms with E-state index < -0.39 is 0 Å². The van der Waals surface area contributed by atoms with Crippen LogP contribution >= 0.6 is 0 Å². The molecule has 1 atom stereocenters. The molecule has 0 radical (unpaired) electrons. The highest BCUT2D eigenvalue weighted by atomic mass is 16.5. The van der Waals surface area contributed by atoms with E-state index in [1.807, 2.05) is 18.2 Å². The quantitative estimate of drug-likeness (QED) is 0.726. The van der Waals surface area contributed by atoms with Crippen LogP contribution in [0.25, 0.3) is 0 Å². The molecule has 0 aromatic heterocycles. The number of rotatable bonds is 3. The van der Waals surface area contributed by atoms with Crippen LogP contribution in [0.1, 0.15) is 6.42 Å². The van der Waals surface area contributed by atoms with Crippen molar-refractivity contribution in [2.24, 2.45) is 0 Å². The summed E-state index contributed by atoms with van der Waals surface area (Å²) in [5, 5.41) is 2.63. The second kappa shape index (κ2) is 3.57. The fourth-order valence-electron chi connectivity index (χ4n) is 1.24. The topological polar surface area (TPSA) is 47.6 Å². The number of hydrogen-bond donors (Lipinski definition) is 1. The van der Waals surface area contributed by atoms with Gasteiger partial charge in [0.2, 0.25) is 5.91 Å². The maximum absolute atomic E-state index is 10.6. The van der Waals surface area contributed by atoms with Gasteiger partial charge in [0.25, 0.3) is 0 Å². The molecule has 1 heterocycles. The van der Waals surface area contributed by atoms with Gasteiger partial charge >= 0.3 is 0 Å². The van der Waals surface area contributed by atoms with Gasteiger partial charge in [0.1, 0.15) is 11.5 Å². The summed E-state index contributed by atoms with van der Waals surface area (Å²) in [6.07, 6.45) is 0.242. The first-order chi connectivity index (χ1) is 6.78. The van der Waals surface area contributed by atoms with Crippen LogP contribution in [-0.4, -0.2) is 19.2 Å². The molecule has 4 heteroatoms. The second-order valence-corrected chi connectivity index (χ2v) is 3.06. The average molecular weight is 193 g/mol. The van der Waals surface area contributed by atoms with E-state index in [0.29, 0.717) is 12.2 Å². The Kier molecular flexibility index (Phi) is 2.26. The van der Waals surface area contributed by atoms with Gasteiger partial charge < -0.3 is 14.8 Å². The van der Waals surface area contributed by atoms with Crippen LogP contribution in [0, 0.1) is 0 Å². The molecule has 1 fully saturated rings. The highest BCUT2D eigenvalue weighted by molar-refractivity contribution is 5.82. The summed E-state index contributed by atoms with van der Waals surface area (Å²) in [5.74, 6) is 1.47. The van der Waals surface area contributed by atoms with Gasteiger partial charge in [0.05, 0.1) is 13.5 Å². The van der Waals surface area contributed by atoms with Crippen molar-refractivity contribution >= 4 is 5.91 Å². The van der Waals surface area contributed by atoms with Crippen molar-refractivity contribution in [3.05, 3.63) is 24.3 Å². The summed E-state index contributed by atoms with van der Waals surface area (Å²) >= 11 is 0. The molecule has 0 saturated carbocycles. The van der Waals surface area contributed by atoms with Crippen molar-refractivity contribution in [2.75, 3.05) is 7.11 Å². The van der Waals surface area contributed by atoms with Crippen LogP contribution in [0.15, 0.2) is 24.3 Å². The molecule has 1 aromatic carbocycles. The van der Waals surface area contributed by atoms with Gasteiger partial charge in [0.15, 0.2) is 6.23 Å². The zero-order valence-corrected chi connectivity index (χ0v) is 7.82. The fraction of sp³-hybridized carbons (Fsp3) is 0.300. The number of ether oxygens (including phenoxy) is 2. The highest BCUT2D eigenvalue weighted by Gasteiger charge is 2.26. The van der Waals surface area contributed by atoms with E-state index in [1.165, 1.54) is 0 Å². The summed E-state index contributed by atoms with van der Waals surface area (Å²) in [6.45, 7) is 0. The number of carbonyl (C=O) groups is 1. The third-order valence-corrected chi connectivity index (χ3v) is 2.01. The molecular weight excluding hydrogens is 182 g/mol. The van der Waals surface area contributed by atoms with Gasteiger partial charge in [-0.25, -0.2) is 0 Å². The predicted molar refractivity (Wildman–Crippen MR) is 50.2 cm³/mol. The molecular formula is C10H11NO3. The number of β-lactam (4-membered cyclic amide) rings is 1. The third-order valence-electron chi connectivity index (χ3n) is 2.01. The first kappa shape index (κ1) is 8.87. The summed E-state index contributed by atoms with van der Waals surface area (Å²) < 4.78 is 10.5. The smallest absolute Gasteiger partial charge is 0.228 e. The normalized spacial score (nSPS) is 19.5. The number of hydrogen-bond acceptors (Lipinski definition) is 3. The molecule has 2 rings (SSSR count). The van der Waals surface area contributed by atoms with E-state index in [1.54, 1.807) is 13.2 Å². The molecule has 4 nitrogen and oxygen atoms in total. The first-order valence-corrected chi connectivity index (χ1v) is 4.38. The van der Waals surface area contributed by atoms with E-state index in [2.05, 4.69) is 5.32 Å². The number of methoxy groups -OCH3 is 1. The van der Waals surface area contributed by atoms with E-state index in [-0.39, 0.29) is 12.1 Å². The van der Waals surface area contributed by atoms with Crippen molar-refractivity contribution in [3.8, 4) is 11.5 Å². The lowest BCUT2D eigenvalue weighted by Gasteiger charge is -2.27. The largest absolute Gasteiger partial charge is 0.497 e. The molecule has 0 aliphatic carbocycles. The van der Waals surface area contributed by atoms with Crippen LogP contribution in [0.3, 0.4) is 0 Å². The molecule has 1 amide bonds. The minimum atomic E-state index is -0.186.